The lowest BCUT2D eigenvalue weighted by Gasteiger charge is -2.35. The van der Waals surface area contributed by atoms with Crippen LogP contribution in [0.4, 0.5) is 0 Å². The Kier molecular flexibility index (Phi) is 4.58. The van der Waals surface area contributed by atoms with Crippen molar-refractivity contribution in [3.8, 4) is 11.1 Å². The maximum Gasteiger partial charge on any atom is 0.225 e. The van der Waals surface area contributed by atoms with Crippen LogP contribution in [-0.2, 0) is 4.79 Å². The predicted molar refractivity (Wildman–Crippen MR) is 107 cm³/mol. The van der Waals surface area contributed by atoms with Crippen molar-refractivity contribution in [3.05, 3.63) is 30.9 Å². The van der Waals surface area contributed by atoms with Crippen LogP contribution in [0.25, 0.3) is 22.2 Å². The number of piperidine rings is 1. The maximum absolute atomic E-state index is 12.8. The molecule has 7 heteroatoms. The van der Waals surface area contributed by atoms with E-state index in [4.69, 9.17) is 0 Å². The second-order valence-electron chi connectivity index (χ2n) is 8.13. The molecule has 1 amide bonds. The average molecular weight is 378 g/mol. The first-order chi connectivity index (χ1) is 13.8. The maximum atomic E-state index is 12.8. The third-order valence-corrected chi connectivity index (χ3v) is 6.33. The van der Waals surface area contributed by atoms with Crippen molar-refractivity contribution < 1.29 is 4.79 Å². The van der Waals surface area contributed by atoms with E-state index < -0.39 is 0 Å². The Hall–Kier alpha value is -2.70. The molecule has 3 aromatic rings. The largest absolute Gasteiger partial charge is 0.342 e. The number of carbonyl (C=O) groups is 1. The third-order valence-electron chi connectivity index (χ3n) is 6.33. The summed E-state index contributed by atoms with van der Waals surface area (Å²) in [5, 5.41) is 11.6. The summed E-state index contributed by atoms with van der Waals surface area (Å²) in [5.41, 5.74) is 3.89. The number of pyridine rings is 1. The van der Waals surface area contributed by atoms with Gasteiger partial charge >= 0.3 is 0 Å². The van der Waals surface area contributed by atoms with E-state index in [1.165, 1.54) is 19.3 Å². The molecule has 0 radical (unpaired) electrons. The predicted octanol–water partition coefficient (Wildman–Crippen LogP) is 3.57. The molecule has 0 bridgehead atoms. The van der Waals surface area contributed by atoms with Gasteiger partial charge < -0.3 is 4.90 Å². The highest BCUT2D eigenvalue weighted by Crippen LogP contribution is 2.30. The highest BCUT2D eigenvalue weighted by molar-refractivity contribution is 5.79. The Balaban J connectivity index is 1.24. The summed E-state index contributed by atoms with van der Waals surface area (Å²) >= 11 is 0. The Morgan fingerprint density at radius 1 is 1.00 bits per heavy atom. The molecule has 4 heterocycles. The van der Waals surface area contributed by atoms with Crippen molar-refractivity contribution in [1.29, 1.82) is 0 Å². The smallest absolute Gasteiger partial charge is 0.225 e. The van der Waals surface area contributed by atoms with Gasteiger partial charge in [0.05, 0.1) is 24.0 Å². The first kappa shape index (κ1) is 17.4. The van der Waals surface area contributed by atoms with E-state index in [0.29, 0.717) is 11.9 Å². The van der Waals surface area contributed by atoms with E-state index in [2.05, 4.69) is 42.1 Å². The van der Waals surface area contributed by atoms with Gasteiger partial charge in [-0.2, -0.15) is 10.2 Å². The Morgan fingerprint density at radius 2 is 1.82 bits per heavy atom. The second kappa shape index (κ2) is 7.37. The van der Waals surface area contributed by atoms with Gasteiger partial charge in [-0.05, 0) is 31.7 Å². The van der Waals surface area contributed by atoms with Crippen LogP contribution in [0.5, 0.6) is 0 Å². The summed E-state index contributed by atoms with van der Waals surface area (Å²) in [6.45, 7) is 1.69. The van der Waals surface area contributed by atoms with Crippen molar-refractivity contribution in [2.75, 3.05) is 13.1 Å². The minimum atomic E-state index is 0.270. The fourth-order valence-corrected chi connectivity index (χ4v) is 4.63. The number of rotatable bonds is 3. The SMILES string of the molecule is O=C(C1CCCCC1)N1CCC(n2cc(-c3cnc4cn[nH]c4c3)cn2)CC1. The van der Waals surface area contributed by atoms with Crippen LogP contribution in [-0.4, -0.2) is 48.9 Å². The van der Waals surface area contributed by atoms with Crippen LogP contribution in [0.3, 0.4) is 0 Å². The van der Waals surface area contributed by atoms with Gasteiger partial charge in [-0.3, -0.25) is 19.6 Å². The van der Waals surface area contributed by atoms with Gasteiger partial charge in [0.15, 0.2) is 0 Å². The summed E-state index contributed by atoms with van der Waals surface area (Å²) in [4.78, 5) is 19.3. The number of hydrogen-bond donors (Lipinski definition) is 1. The number of H-pyrrole nitrogens is 1. The number of nitrogens with zero attached hydrogens (tertiary/aromatic N) is 5. The molecule has 0 unspecified atom stereocenters. The van der Waals surface area contributed by atoms with Gasteiger partial charge in [0.2, 0.25) is 5.91 Å². The Bertz CT molecular complexity index is 962. The van der Waals surface area contributed by atoms with Crippen molar-refractivity contribution in [3.63, 3.8) is 0 Å². The fourth-order valence-electron chi connectivity index (χ4n) is 4.63. The van der Waals surface area contributed by atoms with Crippen LogP contribution in [0.15, 0.2) is 30.9 Å². The highest BCUT2D eigenvalue weighted by Gasteiger charge is 2.29. The van der Waals surface area contributed by atoms with E-state index in [0.717, 1.165) is 60.9 Å². The van der Waals surface area contributed by atoms with Crippen molar-refractivity contribution in [2.45, 2.75) is 51.0 Å². The molecule has 0 atom stereocenters. The molecule has 1 saturated carbocycles. The average Bonchev–Trinajstić information content (AvgIpc) is 3.43. The Morgan fingerprint density at radius 3 is 2.64 bits per heavy atom. The molecule has 5 rings (SSSR count). The molecule has 1 saturated heterocycles. The number of fused-ring (bicyclic) bond motifs is 1. The zero-order valence-corrected chi connectivity index (χ0v) is 16.0. The second-order valence-corrected chi connectivity index (χ2v) is 8.13. The molecule has 0 aromatic carbocycles. The highest BCUT2D eigenvalue weighted by atomic mass is 16.2. The molecular formula is C21H26N6O. The topological polar surface area (TPSA) is 79.7 Å². The number of carbonyl (C=O) groups excluding carboxylic acids is 1. The van der Waals surface area contributed by atoms with E-state index >= 15 is 0 Å². The van der Waals surface area contributed by atoms with E-state index in [1.807, 2.05) is 12.4 Å². The lowest BCUT2D eigenvalue weighted by atomic mass is 9.87. The molecule has 1 N–H and O–H groups in total. The summed E-state index contributed by atoms with van der Waals surface area (Å²) in [6.07, 6.45) is 15.4. The third kappa shape index (κ3) is 3.30. The summed E-state index contributed by atoms with van der Waals surface area (Å²) in [5.74, 6) is 0.657. The zero-order valence-electron chi connectivity index (χ0n) is 16.0. The first-order valence-electron chi connectivity index (χ1n) is 10.4. The first-order valence-corrected chi connectivity index (χ1v) is 10.4. The van der Waals surface area contributed by atoms with Crippen molar-refractivity contribution in [2.24, 2.45) is 5.92 Å². The summed E-state index contributed by atoms with van der Waals surface area (Å²) in [7, 11) is 0. The molecule has 1 aliphatic carbocycles. The minimum Gasteiger partial charge on any atom is -0.342 e. The van der Waals surface area contributed by atoms with Gasteiger partial charge in [0, 0.05) is 42.5 Å². The van der Waals surface area contributed by atoms with Crippen molar-refractivity contribution in [1.82, 2.24) is 29.9 Å². The van der Waals surface area contributed by atoms with E-state index in [-0.39, 0.29) is 5.92 Å². The molecule has 7 nitrogen and oxygen atoms in total. The van der Waals surface area contributed by atoms with Gasteiger partial charge in [-0.15, -0.1) is 0 Å². The van der Waals surface area contributed by atoms with Crippen LogP contribution in [0, 0.1) is 5.92 Å². The van der Waals surface area contributed by atoms with Crippen LogP contribution < -0.4 is 0 Å². The number of amides is 1. The van der Waals surface area contributed by atoms with Gasteiger partial charge in [0.25, 0.3) is 0 Å². The molecule has 0 spiro atoms. The summed E-state index contributed by atoms with van der Waals surface area (Å²) in [6, 6.07) is 2.41. The van der Waals surface area contributed by atoms with Crippen LogP contribution in [0.2, 0.25) is 0 Å². The quantitative estimate of drug-likeness (QED) is 0.756. The molecule has 1 aliphatic heterocycles. The molecular weight excluding hydrogens is 352 g/mol. The fraction of sp³-hybridized carbons (Fsp3) is 0.524. The lowest BCUT2D eigenvalue weighted by Crippen LogP contribution is -2.42. The number of aromatic nitrogens is 5. The number of nitrogens with one attached hydrogen (secondary N) is 1. The van der Waals surface area contributed by atoms with E-state index in [1.54, 1.807) is 6.20 Å². The van der Waals surface area contributed by atoms with Crippen LogP contribution in [0.1, 0.15) is 51.0 Å². The molecule has 2 aliphatic rings. The summed E-state index contributed by atoms with van der Waals surface area (Å²) < 4.78 is 2.06. The molecule has 2 fully saturated rings. The van der Waals surface area contributed by atoms with Crippen LogP contribution >= 0.6 is 0 Å². The number of aromatic amines is 1. The monoisotopic (exact) mass is 378 g/mol. The standard InChI is InChI=1S/C21H26N6O/c28-21(15-4-2-1-3-5-15)26-8-6-18(7-9-26)27-14-17(12-24-27)16-10-19-20(22-11-16)13-23-25-19/h10-15,18H,1-9H2,(H,23,25). The Labute approximate surface area is 164 Å². The molecule has 146 valence electrons. The van der Waals surface area contributed by atoms with Gasteiger partial charge in [-0.25, -0.2) is 0 Å². The normalized spacial score (nSPS) is 19.4. The molecule has 3 aromatic heterocycles. The molecule has 28 heavy (non-hydrogen) atoms. The van der Waals surface area contributed by atoms with Gasteiger partial charge in [0.1, 0.15) is 5.52 Å². The minimum absolute atomic E-state index is 0.270. The van der Waals surface area contributed by atoms with E-state index in [9.17, 15) is 4.79 Å². The zero-order chi connectivity index (χ0) is 18.9. The van der Waals surface area contributed by atoms with Gasteiger partial charge in [-0.1, -0.05) is 19.3 Å². The number of likely N-dealkylation sites (tertiary alicyclic amines) is 1. The number of hydrogen-bond acceptors (Lipinski definition) is 4. The lowest BCUT2D eigenvalue weighted by molar-refractivity contribution is -0.137. The van der Waals surface area contributed by atoms with Crippen molar-refractivity contribution >= 4 is 16.9 Å².